The summed E-state index contributed by atoms with van der Waals surface area (Å²) in [5.41, 5.74) is 22.0. The minimum atomic E-state index is -0.176. The summed E-state index contributed by atoms with van der Waals surface area (Å²) in [6, 6.07) is 93.8. The molecule has 0 bridgehead atoms. The Bertz CT molecular complexity index is 4100. The van der Waals surface area contributed by atoms with Gasteiger partial charge >= 0.3 is 0 Å². The standard InChI is InChI=1S/C76H58N2/c1-75(2)71-45-53(29-39-67(71)69-41-37-65(49-73(69)75)77(61-19-7-5-8-20-61)63-35-33-55-15-11-13-17-57(55)47-63)25-23-51-27-31-60-44-52(28-32-59(60)43-51)24-26-54-30-40-68-70-42-38-66(50-74(70)76(3,4)72(68)46-54)78(62-21-9-6-10-22-62)64-36-34-56-16-12-14-18-58(56)48-64/h5-50H,1-4H3/b25-23+,26-24+. The van der Waals surface area contributed by atoms with Crippen LogP contribution in [0.2, 0.25) is 0 Å². The van der Waals surface area contributed by atoms with Crippen molar-refractivity contribution >= 4 is 90.7 Å². The molecule has 2 aliphatic carbocycles. The smallest absolute Gasteiger partial charge is 0.0468 e. The quantitative estimate of drug-likeness (QED) is 0.126. The van der Waals surface area contributed by atoms with E-state index < -0.39 is 0 Å². The average molecular weight is 999 g/mol. The van der Waals surface area contributed by atoms with Crippen LogP contribution in [0.3, 0.4) is 0 Å². The maximum atomic E-state index is 2.42. The van der Waals surface area contributed by atoms with Crippen molar-refractivity contribution < 1.29 is 0 Å². The highest BCUT2D eigenvalue weighted by atomic mass is 15.1. The van der Waals surface area contributed by atoms with E-state index in [-0.39, 0.29) is 10.8 Å². The Hall–Kier alpha value is -9.50. The molecule has 372 valence electrons. The van der Waals surface area contributed by atoms with Crippen molar-refractivity contribution in [1.82, 2.24) is 0 Å². The SMILES string of the molecule is CC1(C)c2cc(/C=C/c3ccc4cc(/C=C/c5ccc6c(c5)C(C)(C)c5cc(N(c7ccccc7)c7ccc8ccccc8c7)ccc5-6)ccc4c3)ccc2-c2ccc(N(c3ccccc3)c3ccc4ccccc4c3)cc21. The molecule has 0 aromatic heterocycles. The summed E-state index contributed by atoms with van der Waals surface area (Å²) in [4.78, 5) is 4.77. The molecule has 0 spiro atoms. The average Bonchev–Trinajstić information content (AvgIpc) is 4.04. The van der Waals surface area contributed by atoms with Gasteiger partial charge in [0, 0.05) is 45.0 Å². The first-order valence-corrected chi connectivity index (χ1v) is 27.3. The third kappa shape index (κ3) is 8.20. The van der Waals surface area contributed by atoms with E-state index in [0.717, 1.165) is 34.1 Å². The third-order valence-corrected chi connectivity index (χ3v) is 16.7. The van der Waals surface area contributed by atoms with Gasteiger partial charge in [-0.25, -0.2) is 0 Å². The molecule has 12 aromatic carbocycles. The Morgan fingerprint density at radius 2 is 0.513 bits per heavy atom. The van der Waals surface area contributed by atoms with Gasteiger partial charge in [-0.2, -0.15) is 0 Å². The Balaban J connectivity index is 0.687. The molecule has 0 amide bonds. The van der Waals surface area contributed by atoms with Gasteiger partial charge in [-0.05, 0) is 184 Å². The van der Waals surface area contributed by atoms with Gasteiger partial charge in [-0.1, -0.05) is 222 Å². The predicted molar refractivity (Wildman–Crippen MR) is 334 cm³/mol. The molecule has 2 nitrogen and oxygen atoms in total. The van der Waals surface area contributed by atoms with Crippen LogP contribution >= 0.6 is 0 Å². The van der Waals surface area contributed by atoms with Crippen molar-refractivity contribution in [3.8, 4) is 22.3 Å². The van der Waals surface area contributed by atoms with Crippen LogP contribution in [-0.4, -0.2) is 0 Å². The second-order valence-electron chi connectivity index (χ2n) is 22.3. The Morgan fingerprint density at radius 1 is 0.231 bits per heavy atom. The molecule has 0 aliphatic heterocycles. The van der Waals surface area contributed by atoms with Crippen LogP contribution in [0.4, 0.5) is 34.1 Å². The molecule has 0 N–H and O–H groups in total. The van der Waals surface area contributed by atoms with Crippen LogP contribution in [0.25, 0.3) is 78.9 Å². The lowest BCUT2D eigenvalue weighted by atomic mass is 9.81. The molecule has 0 fully saturated rings. The number of rotatable bonds is 10. The highest BCUT2D eigenvalue weighted by molar-refractivity contribution is 5.94. The first-order valence-electron chi connectivity index (χ1n) is 27.3. The summed E-state index contributed by atoms with van der Waals surface area (Å²) in [6.45, 7) is 9.50. The molecule has 0 radical (unpaired) electrons. The number of benzene rings is 12. The topological polar surface area (TPSA) is 6.48 Å². The highest BCUT2D eigenvalue weighted by Gasteiger charge is 2.37. The first kappa shape index (κ1) is 47.0. The van der Waals surface area contributed by atoms with Gasteiger partial charge in [0.05, 0.1) is 0 Å². The largest absolute Gasteiger partial charge is 0.310 e. The fraction of sp³-hybridized carbons (Fsp3) is 0.0789. The molecule has 2 aliphatic rings. The third-order valence-electron chi connectivity index (χ3n) is 16.7. The maximum Gasteiger partial charge on any atom is 0.0468 e. The molecule has 2 heteroatoms. The number of hydrogen-bond acceptors (Lipinski definition) is 2. The lowest BCUT2D eigenvalue weighted by Gasteiger charge is -2.28. The van der Waals surface area contributed by atoms with E-state index in [4.69, 9.17) is 0 Å². The van der Waals surface area contributed by atoms with E-state index in [1.54, 1.807) is 0 Å². The van der Waals surface area contributed by atoms with E-state index in [1.165, 1.54) is 99.1 Å². The van der Waals surface area contributed by atoms with Crippen LogP contribution in [-0.2, 0) is 10.8 Å². The lowest BCUT2D eigenvalue weighted by Crippen LogP contribution is -2.16. The van der Waals surface area contributed by atoms with Gasteiger partial charge in [0.25, 0.3) is 0 Å². The minimum Gasteiger partial charge on any atom is -0.310 e. The molecule has 0 heterocycles. The Morgan fingerprint density at radius 3 is 0.923 bits per heavy atom. The number of nitrogens with zero attached hydrogens (tertiary/aromatic N) is 2. The predicted octanol–water partition coefficient (Wildman–Crippen LogP) is 21.0. The molecule has 0 saturated carbocycles. The molecular formula is C76H58N2. The summed E-state index contributed by atoms with van der Waals surface area (Å²) in [5.74, 6) is 0. The number of anilines is 6. The van der Waals surface area contributed by atoms with E-state index >= 15 is 0 Å². The van der Waals surface area contributed by atoms with E-state index in [9.17, 15) is 0 Å². The monoisotopic (exact) mass is 998 g/mol. The van der Waals surface area contributed by atoms with Gasteiger partial charge in [-0.3, -0.25) is 0 Å². The van der Waals surface area contributed by atoms with Gasteiger partial charge in [0.2, 0.25) is 0 Å². The highest BCUT2D eigenvalue weighted by Crippen LogP contribution is 2.53. The minimum absolute atomic E-state index is 0.176. The van der Waals surface area contributed by atoms with Crippen molar-refractivity contribution in [2.24, 2.45) is 0 Å². The Kier molecular flexibility index (Phi) is 11.2. The Labute approximate surface area is 458 Å². The zero-order valence-corrected chi connectivity index (χ0v) is 44.5. The molecule has 0 unspecified atom stereocenters. The van der Waals surface area contributed by atoms with Crippen LogP contribution in [0.5, 0.6) is 0 Å². The fourth-order valence-electron chi connectivity index (χ4n) is 12.5. The molecule has 0 saturated heterocycles. The van der Waals surface area contributed by atoms with Crippen molar-refractivity contribution in [1.29, 1.82) is 0 Å². The molecular weight excluding hydrogens is 941 g/mol. The van der Waals surface area contributed by atoms with E-state index in [0.29, 0.717) is 0 Å². The summed E-state index contributed by atoms with van der Waals surface area (Å²) < 4.78 is 0. The van der Waals surface area contributed by atoms with Gasteiger partial charge in [-0.15, -0.1) is 0 Å². The maximum absolute atomic E-state index is 2.42. The van der Waals surface area contributed by atoms with Crippen LogP contribution in [0.15, 0.2) is 255 Å². The molecule has 0 atom stereocenters. The fourth-order valence-corrected chi connectivity index (χ4v) is 12.5. The van der Waals surface area contributed by atoms with Crippen LogP contribution < -0.4 is 9.80 Å². The zero-order valence-electron chi connectivity index (χ0n) is 44.5. The summed E-state index contributed by atoms with van der Waals surface area (Å²) in [5, 5.41) is 7.40. The first-order chi connectivity index (χ1) is 38.1. The number of fused-ring (bicyclic) bond motifs is 9. The summed E-state index contributed by atoms with van der Waals surface area (Å²) in [6.07, 6.45) is 9.03. The molecule has 78 heavy (non-hydrogen) atoms. The van der Waals surface area contributed by atoms with Crippen LogP contribution in [0.1, 0.15) is 72.2 Å². The number of hydrogen-bond donors (Lipinski definition) is 0. The zero-order chi connectivity index (χ0) is 52.5. The second kappa shape index (κ2) is 18.7. The summed E-state index contributed by atoms with van der Waals surface area (Å²) >= 11 is 0. The normalized spacial score (nSPS) is 13.7. The molecule has 12 aromatic rings. The molecule has 14 rings (SSSR count). The van der Waals surface area contributed by atoms with Gasteiger partial charge < -0.3 is 9.80 Å². The van der Waals surface area contributed by atoms with Crippen molar-refractivity contribution in [2.45, 2.75) is 38.5 Å². The number of para-hydroxylation sites is 2. The lowest BCUT2D eigenvalue weighted by molar-refractivity contribution is 0.660. The van der Waals surface area contributed by atoms with E-state index in [1.807, 2.05) is 0 Å². The van der Waals surface area contributed by atoms with Gasteiger partial charge in [0.15, 0.2) is 0 Å². The second-order valence-corrected chi connectivity index (χ2v) is 22.3. The van der Waals surface area contributed by atoms with Gasteiger partial charge in [0.1, 0.15) is 0 Å². The van der Waals surface area contributed by atoms with E-state index in [2.05, 4.69) is 317 Å². The van der Waals surface area contributed by atoms with Crippen molar-refractivity contribution in [2.75, 3.05) is 9.80 Å². The van der Waals surface area contributed by atoms with Crippen LogP contribution in [0, 0.1) is 0 Å². The summed E-state index contributed by atoms with van der Waals surface area (Å²) in [7, 11) is 0. The van der Waals surface area contributed by atoms with Crippen molar-refractivity contribution in [3.63, 3.8) is 0 Å². The van der Waals surface area contributed by atoms with Crippen molar-refractivity contribution in [3.05, 3.63) is 299 Å².